The van der Waals surface area contributed by atoms with E-state index in [2.05, 4.69) is 15.5 Å². The maximum absolute atomic E-state index is 11.3. The number of anilines is 1. The Morgan fingerprint density at radius 3 is 2.85 bits per heavy atom. The van der Waals surface area contributed by atoms with Crippen LogP contribution >= 0.6 is 0 Å². The highest BCUT2D eigenvalue weighted by Crippen LogP contribution is 2.19. The van der Waals surface area contributed by atoms with Gasteiger partial charge in [-0.15, -0.1) is 5.10 Å². The summed E-state index contributed by atoms with van der Waals surface area (Å²) >= 11 is 0. The highest BCUT2D eigenvalue weighted by molar-refractivity contribution is 5.94. The number of hydrogen-bond acceptors (Lipinski definition) is 5. The van der Waals surface area contributed by atoms with E-state index >= 15 is 0 Å². The molecule has 0 aliphatic carbocycles. The number of carboxylic acids is 1. The molecule has 2 N–H and O–H groups in total. The van der Waals surface area contributed by atoms with Gasteiger partial charge in [0, 0.05) is 13.2 Å². The van der Waals surface area contributed by atoms with Crippen molar-refractivity contribution in [1.82, 2.24) is 10.2 Å². The minimum atomic E-state index is -0.975. The van der Waals surface area contributed by atoms with Crippen LogP contribution in [0.3, 0.4) is 0 Å². The van der Waals surface area contributed by atoms with Gasteiger partial charge in [0.2, 0.25) is 0 Å². The molecule has 1 atom stereocenters. The van der Waals surface area contributed by atoms with Gasteiger partial charge in [0.05, 0.1) is 11.8 Å². The van der Waals surface area contributed by atoms with E-state index < -0.39 is 5.97 Å². The zero-order chi connectivity index (χ0) is 14.5. The lowest BCUT2D eigenvalue weighted by Gasteiger charge is -2.22. The molecule has 6 heteroatoms. The molecule has 1 aromatic heterocycles. The maximum Gasteiger partial charge on any atom is 0.339 e. The lowest BCUT2D eigenvalue weighted by molar-refractivity contribution is 0.0134. The van der Waals surface area contributed by atoms with Crippen LogP contribution < -0.4 is 5.32 Å². The van der Waals surface area contributed by atoms with Gasteiger partial charge in [-0.05, 0) is 45.1 Å². The first-order chi connectivity index (χ1) is 9.59. The van der Waals surface area contributed by atoms with E-state index in [-0.39, 0.29) is 11.7 Å². The van der Waals surface area contributed by atoms with Crippen molar-refractivity contribution in [2.45, 2.75) is 45.6 Å². The molecule has 6 nitrogen and oxygen atoms in total. The van der Waals surface area contributed by atoms with Crippen molar-refractivity contribution in [3.05, 3.63) is 16.8 Å². The molecule has 1 unspecified atom stereocenters. The predicted molar refractivity (Wildman–Crippen MR) is 75.2 cm³/mol. The summed E-state index contributed by atoms with van der Waals surface area (Å²) < 4.78 is 5.64. The van der Waals surface area contributed by atoms with Gasteiger partial charge in [0.15, 0.2) is 5.82 Å². The summed E-state index contributed by atoms with van der Waals surface area (Å²) in [6.45, 7) is 4.98. The van der Waals surface area contributed by atoms with Crippen LogP contribution in [0.5, 0.6) is 0 Å². The lowest BCUT2D eigenvalue weighted by atomic mass is 10.1. The van der Waals surface area contributed by atoms with Gasteiger partial charge >= 0.3 is 5.97 Å². The molecule has 1 aromatic rings. The highest BCUT2D eigenvalue weighted by Gasteiger charge is 2.18. The van der Waals surface area contributed by atoms with Gasteiger partial charge in [-0.25, -0.2) is 4.79 Å². The van der Waals surface area contributed by atoms with Crippen LogP contribution in [-0.4, -0.2) is 40.5 Å². The molecular formula is C14H21N3O3. The molecule has 0 bridgehead atoms. The van der Waals surface area contributed by atoms with Crippen molar-refractivity contribution < 1.29 is 14.6 Å². The third kappa shape index (κ3) is 3.45. The summed E-state index contributed by atoms with van der Waals surface area (Å²) in [6.07, 6.45) is 4.54. The zero-order valence-corrected chi connectivity index (χ0v) is 12.0. The average molecular weight is 279 g/mol. The van der Waals surface area contributed by atoms with E-state index in [9.17, 15) is 9.90 Å². The van der Waals surface area contributed by atoms with E-state index in [1.54, 1.807) is 13.8 Å². The van der Waals surface area contributed by atoms with Gasteiger partial charge in [0.1, 0.15) is 5.56 Å². The predicted octanol–water partition coefficient (Wildman–Crippen LogP) is 2.16. The molecule has 0 saturated carbocycles. The van der Waals surface area contributed by atoms with Crippen molar-refractivity contribution in [1.29, 1.82) is 0 Å². The Hall–Kier alpha value is -1.69. The number of carbonyl (C=O) groups is 1. The minimum Gasteiger partial charge on any atom is -0.478 e. The Morgan fingerprint density at radius 1 is 1.40 bits per heavy atom. The number of aromatic carboxylic acids is 1. The second kappa shape index (κ2) is 6.65. The third-order valence-electron chi connectivity index (χ3n) is 3.70. The van der Waals surface area contributed by atoms with E-state index in [0.29, 0.717) is 23.6 Å². The van der Waals surface area contributed by atoms with Gasteiger partial charge in [-0.2, -0.15) is 5.10 Å². The van der Waals surface area contributed by atoms with Crippen LogP contribution in [0.15, 0.2) is 0 Å². The van der Waals surface area contributed by atoms with Crippen molar-refractivity contribution in [3.63, 3.8) is 0 Å². The number of rotatable bonds is 5. The summed E-state index contributed by atoms with van der Waals surface area (Å²) in [6, 6.07) is 0. The smallest absolute Gasteiger partial charge is 0.339 e. The molecule has 1 fully saturated rings. The molecule has 0 aromatic carbocycles. The highest BCUT2D eigenvalue weighted by atomic mass is 16.5. The van der Waals surface area contributed by atoms with Gasteiger partial charge in [0.25, 0.3) is 0 Å². The molecule has 2 rings (SSSR count). The van der Waals surface area contributed by atoms with Crippen LogP contribution in [0.2, 0.25) is 0 Å². The number of nitrogens with one attached hydrogen (secondary N) is 1. The van der Waals surface area contributed by atoms with Crippen LogP contribution in [0, 0.1) is 13.8 Å². The second-order valence-corrected chi connectivity index (χ2v) is 5.14. The molecule has 110 valence electrons. The Labute approximate surface area is 118 Å². The summed E-state index contributed by atoms with van der Waals surface area (Å²) in [5.41, 5.74) is 1.51. The molecule has 1 saturated heterocycles. The summed E-state index contributed by atoms with van der Waals surface area (Å²) in [5, 5.41) is 20.3. The Balaban J connectivity index is 1.98. The van der Waals surface area contributed by atoms with Gasteiger partial charge in [-0.3, -0.25) is 0 Å². The van der Waals surface area contributed by atoms with Crippen molar-refractivity contribution >= 4 is 11.8 Å². The molecule has 2 heterocycles. The summed E-state index contributed by atoms with van der Waals surface area (Å²) in [7, 11) is 0. The maximum atomic E-state index is 11.3. The van der Waals surface area contributed by atoms with E-state index in [1.165, 1.54) is 6.42 Å². The Morgan fingerprint density at radius 2 is 2.20 bits per heavy atom. The monoisotopic (exact) mass is 279 g/mol. The minimum absolute atomic E-state index is 0.210. The SMILES string of the molecule is Cc1nnc(NCCC2CCCCO2)c(C(=O)O)c1C. The summed E-state index contributed by atoms with van der Waals surface area (Å²) in [5.74, 6) is -0.631. The van der Waals surface area contributed by atoms with Crippen LogP contribution in [-0.2, 0) is 4.74 Å². The first-order valence-corrected chi connectivity index (χ1v) is 7.02. The number of hydrogen-bond donors (Lipinski definition) is 2. The van der Waals surface area contributed by atoms with Crippen LogP contribution in [0.4, 0.5) is 5.82 Å². The average Bonchev–Trinajstić information content (AvgIpc) is 2.43. The van der Waals surface area contributed by atoms with Crippen molar-refractivity contribution in [2.24, 2.45) is 0 Å². The fourth-order valence-electron chi connectivity index (χ4n) is 2.38. The fraction of sp³-hybridized carbons (Fsp3) is 0.643. The number of nitrogens with zero attached hydrogens (tertiary/aromatic N) is 2. The van der Waals surface area contributed by atoms with E-state index in [1.807, 2.05) is 0 Å². The van der Waals surface area contributed by atoms with E-state index in [4.69, 9.17) is 4.74 Å². The first kappa shape index (κ1) is 14.7. The van der Waals surface area contributed by atoms with Crippen molar-refractivity contribution in [2.75, 3.05) is 18.5 Å². The fourth-order valence-corrected chi connectivity index (χ4v) is 2.38. The van der Waals surface area contributed by atoms with Gasteiger partial charge in [-0.1, -0.05) is 0 Å². The Kier molecular flexibility index (Phi) is 4.89. The molecule has 1 aliphatic heterocycles. The molecule has 0 radical (unpaired) electrons. The summed E-state index contributed by atoms with van der Waals surface area (Å²) in [4.78, 5) is 11.3. The number of carboxylic acid groups (broad SMARTS) is 1. The Bertz CT molecular complexity index is 485. The van der Waals surface area contributed by atoms with E-state index in [0.717, 1.165) is 25.9 Å². The van der Waals surface area contributed by atoms with Crippen LogP contribution in [0.1, 0.15) is 47.3 Å². The number of aryl methyl sites for hydroxylation is 1. The van der Waals surface area contributed by atoms with Gasteiger partial charge < -0.3 is 15.2 Å². The normalized spacial score (nSPS) is 18.8. The standard InChI is InChI=1S/C14H21N3O3/c1-9-10(2)16-17-13(12(9)14(18)19)15-7-6-11-5-3-4-8-20-11/h11H,3-8H2,1-2H3,(H,15,17)(H,18,19). The molecular weight excluding hydrogens is 258 g/mol. The molecule has 0 spiro atoms. The quantitative estimate of drug-likeness (QED) is 0.859. The third-order valence-corrected chi connectivity index (χ3v) is 3.70. The van der Waals surface area contributed by atoms with Crippen molar-refractivity contribution in [3.8, 4) is 0 Å². The second-order valence-electron chi connectivity index (χ2n) is 5.14. The first-order valence-electron chi connectivity index (χ1n) is 7.02. The zero-order valence-electron chi connectivity index (χ0n) is 12.0. The topological polar surface area (TPSA) is 84.3 Å². The largest absolute Gasteiger partial charge is 0.478 e. The molecule has 20 heavy (non-hydrogen) atoms. The number of ether oxygens (including phenoxy) is 1. The number of aromatic nitrogens is 2. The molecule has 1 aliphatic rings. The van der Waals surface area contributed by atoms with Crippen LogP contribution in [0.25, 0.3) is 0 Å². The lowest BCUT2D eigenvalue weighted by Crippen LogP contribution is -2.23. The molecule has 0 amide bonds.